The summed E-state index contributed by atoms with van der Waals surface area (Å²) in [5.41, 5.74) is 0.973. The van der Waals surface area contributed by atoms with Gasteiger partial charge in [-0.2, -0.15) is 4.99 Å². The van der Waals surface area contributed by atoms with Gasteiger partial charge in [0.25, 0.3) is 5.91 Å². The van der Waals surface area contributed by atoms with Crippen molar-refractivity contribution < 1.29 is 23.7 Å². The van der Waals surface area contributed by atoms with Crippen molar-refractivity contribution in [3.05, 3.63) is 47.3 Å². The van der Waals surface area contributed by atoms with Gasteiger partial charge < -0.3 is 23.5 Å². The zero-order valence-corrected chi connectivity index (χ0v) is 16.4. The number of fused-ring (bicyclic) bond motifs is 2. The van der Waals surface area contributed by atoms with E-state index in [0.29, 0.717) is 29.5 Å². The molecule has 1 atom stereocenters. The lowest BCUT2D eigenvalue weighted by Gasteiger charge is -2.23. The Bertz CT molecular complexity index is 1070. The molecular formula is C20H20N2O5S. The van der Waals surface area contributed by atoms with Crippen LogP contribution >= 0.6 is 11.3 Å². The van der Waals surface area contributed by atoms with Crippen LogP contribution in [0.15, 0.2) is 47.5 Å². The van der Waals surface area contributed by atoms with Gasteiger partial charge in [-0.1, -0.05) is 23.5 Å². The van der Waals surface area contributed by atoms with Crippen LogP contribution in [0, 0.1) is 0 Å². The van der Waals surface area contributed by atoms with Crippen LogP contribution in [0.2, 0.25) is 0 Å². The van der Waals surface area contributed by atoms with Crippen molar-refractivity contribution in [3.8, 4) is 17.2 Å². The Balaban J connectivity index is 1.68. The van der Waals surface area contributed by atoms with E-state index in [4.69, 9.17) is 18.9 Å². The molecule has 0 aliphatic carbocycles. The molecule has 1 amide bonds. The predicted octanol–water partition coefficient (Wildman–Crippen LogP) is 2.63. The minimum atomic E-state index is -0.773. The molecule has 2 heterocycles. The Kier molecular flexibility index (Phi) is 5.31. The molecule has 2 aromatic carbocycles. The monoisotopic (exact) mass is 400 g/mol. The summed E-state index contributed by atoms with van der Waals surface area (Å²) in [6.45, 7) is 1.23. The minimum Gasteiger partial charge on any atom is -0.497 e. The predicted molar refractivity (Wildman–Crippen MR) is 105 cm³/mol. The van der Waals surface area contributed by atoms with E-state index < -0.39 is 6.10 Å². The van der Waals surface area contributed by atoms with Crippen LogP contribution in [0.5, 0.6) is 17.2 Å². The smallest absolute Gasteiger partial charge is 0.292 e. The summed E-state index contributed by atoms with van der Waals surface area (Å²) in [5, 5.41) is 0. The van der Waals surface area contributed by atoms with Gasteiger partial charge in [-0.25, -0.2) is 0 Å². The van der Waals surface area contributed by atoms with Crippen molar-refractivity contribution in [3.63, 3.8) is 0 Å². The summed E-state index contributed by atoms with van der Waals surface area (Å²) < 4.78 is 24.9. The highest BCUT2D eigenvalue weighted by Crippen LogP contribution is 2.31. The number of benzene rings is 2. The molecule has 8 heteroatoms. The van der Waals surface area contributed by atoms with Gasteiger partial charge in [0.2, 0.25) is 6.10 Å². The number of nitrogens with zero attached hydrogens (tertiary/aromatic N) is 2. The highest BCUT2D eigenvalue weighted by molar-refractivity contribution is 7.16. The third kappa shape index (κ3) is 3.61. The highest BCUT2D eigenvalue weighted by atomic mass is 32.1. The summed E-state index contributed by atoms with van der Waals surface area (Å²) in [7, 11) is 3.27. The molecule has 0 saturated heterocycles. The third-order valence-corrected chi connectivity index (χ3v) is 5.44. The fraction of sp³-hybridized carbons (Fsp3) is 0.300. The number of amides is 1. The fourth-order valence-corrected chi connectivity index (χ4v) is 4.06. The van der Waals surface area contributed by atoms with Gasteiger partial charge in [0, 0.05) is 13.7 Å². The molecule has 0 radical (unpaired) electrons. The largest absolute Gasteiger partial charge is 0.497 e. The van der Waals surface area contributed by atoms with E-state index in [-0.39, 0.29) is 12.5 Å². The van der Waals surface area contributed by atoms with Crippen LogP contribution in [0.4, 0.5) is 0 Å². The van der Waals surface area contributed by atoms with Gasteiger partial charge in [-0.05, 0) is 30.3 Å². The first-order valence-electron chi connectivity index (χ1n) is 8.83. The maximum atomic E-state index is 12.8. The van der Waals surface area contributed by atoms with Crippen molar-refractivity contribution >= 4 is 27.5 Å². The molecule has 28 heavy (non-hydrogen) atoms. The summed E-state index contributed by atoms with van der Waals surface area (Å²) in [6.07, 6.45) is -0.773. The number of methoxy groups -OCH3 is 2. The van der Waals surface area contributed by atoms with Crippen molar-refractivity contribution in [2.75, 3.05) is 27.4 Å². The van der Waals surface area contributed by atoms with Crippen molar-refractivity contribution in [1.82, 2.24) is 4.57 Å². The van der Waals surface area contributed by atoms with Crippen LogP contribution in [0.1, 0.15) is 0 Å². The van der Waals surface area contributed by atoms with Crippen molar-refractivity contribution in [2.24, 2.45) is 4.99 Å². The maximum absolute atomic E-state index is 12.8. The van der Waals surface area contributed by atoms with Gasteiger partial charge in [0.1, 0.15) is 12.4 Å². The molecular weight excluding hydrogens is 380 g/mol. The lowest BCUT2D eigenvalue weighted by molar-refractivity contribution is -0.127. The first-order chi connectivity index (χ1) is 13.7. The number of ether oxygens (including phenoxy) is 4. The van der Waals surface area contributed by atoms with Gasteiger partial charge in [-0.3, -0.25) is 4.79 Å². The first kappa shape index (κ1) is 18.5. The molecule has 0 bridgehead atoms. The standard InChI is InChI=1S/C20H20N2O5S/c1-24-10-9-22-14-8-7-13(25-2)11-18(14)28-20(22)21-19(23)17-12-26-15-5-3-4-6-16(15)27-17/h3-8,11,17H,9-10,12H2,1-2H3. The van der Waals surface area contributed by atoms with Gasteiger partial charge in [0.15, 0.2) is 16.3 Å². The number of rotatable bonds is 5. The zero-order chi connectivity index (χ0) is 19.5. The molecule has 0 saturated carbocycles. The van der Waals surface area contributed by atoms with Crippen LogP contribution in [0.25, 0.3) is 10.2 Å². The van der Waals surface area contributed by atoms with Crippen molar-refractivity contribution in [2.45, 2.75) is 12.6 Å². The molecule has 1 aliphatic rings. The zero-order valence-electron chi connectivity index (χ0n) is 15.6. The summed E-state index contributed by atoms with van der Waals surface area (Å²) in [4.78, 5) is 17.7. The molecule has 7 nitrogen and oxygen atoms in total. The second-order valence-electron chi connectivity index (χ2n) is 6.18. The SMILES string of the molecule is COCCn1c(=NC(=O)C2COc3ccccc3O2)sc2cc(OC)ccc21. The second kappa shape index (κ2) is 8.04. The lowest BCUT2D eigenvalue weighted by Crippen LogP contribution is -2.37. The number of carbonyl (C=O) groups is 1. The number of hydrogen-bond acceptors (Lipinski definition) is 6. The Morgan fingerprint density at radius 3 is 2.86 bits per heavy atom. The molecule has 1 aromatic heterocycles. The topological polar surface area (TPSA) is 71.3 Å². The van der Waals surface area contributed by atoms with Crippen LogP contribution in [-0.2, 0) is 16.1 Å². The fourth-order valence-electron chi connectivity index (χ4n) is 2.97. The van der Waals surface area contributed by atoms with Crippen LogP contribution < -0.4 is 19.0 Å². The minimum absolute atomic E-state index is 0.135. The number of carbonyl (C=O) groups excluding carboxylic acids is 1. The Morgan fingerprint density at radius 1 is 1.25 bits per heavy atom. The third-order valence-electron chi connectivity index (χ3n) is 4.40. The average Bonchev–Trinajstić information content (AvgIpc) is 3.07. The molecule has 1 unspecified atom stereocenters. The Labute approximate surface area is 165 Å². The molecule has 0 spiro atoms. The molecule has 3 aromatic rings. The number of para-hydroxylation sites is 2. The van der Waals surface area contributed by atoms with E-state index in [1.165, 1.54) is 11.3 Å². The second-order valence-corrected chi connectivity index (χ2v) is 7.19. The van der Waals surface area contributed by atoms with Gasteiger partial charge in [0.05, 0.1) is 23.9 Å². The Hall–Kier alpha value is -2.84. The average molecular weight is 400 g/mol. The summed E-state index contributed by atoms with van der Waals surface area (Å²) >= 11 is 1.43. The summed E-state index contributed by atoms with van der Waals surface area (Å²) in [5.74, 6) is 1.57. The molecule has 146 valence electrons. The maximum Gasteiger partial charge on any atom is 0.292 e. The Morgan fingerprint density at radius 2 is 2.07 bits per heavy atom. The van der Waals surface area contributed by atoms with Gasteiger partial charge >= 0.3 is 0 Å². The van der Waals surface area contributed by atoms with E-state index >= 15 is 0 Å². The van der Waals surface area contributed by atoms with E-state index in [1.54, 1.807) is 20.3 Å². The molecule has 4 rings (SSSR count). The van der Waals surface area contributed by atoms with Crippen molar-refractivity contribution in [1.29, 1.82) is 0 Å². The first-order valence-corrected chi connectivity index (χ1v) is 9.64. The van der Waals surface area contributed by atoms with Crippen LogP contribution in [-0.4, -0.2) is 44.0 Å². The lowest BCUT2D eigenvalue weighted by atomic mass is 10.2. The van der Waals surface area contributed by atoms with Crippen LogP contribution in [0.3, 0.4) is 0 Å². The molecule has 0 fully saturated rings. The van der Waals surface area contributed by atoms with E-state index in [9.17, 15) is 4.79 Å². The molecule has 0 N–H and O–H groups in total. The number of thiazole rings is 1. The van der Waals surface area contributed by atoms with E-state index in [0.717, 1.165) is 16.0 Å². The van der Waals surface area contributed by atoms with E-state index in [2.05, 4.69) is 4.99 Å². The van der Waals surface area contributed by atoms with E-state index in [1.807, 2.05) is 41.0 Å². The van der Waals surface area contributed by atoms with Gasteiger partial charge in [-0.15, -0.1) is 0 Å². The highest BCUT2D eigenvalue weighted by Gasteiger charge is 2.27. The normalized spacial score (nSPS) is 16.4. The number of hydrogen-bond donors (Lipinski definition) is 0. The summed E-state index contributed by atoms with van der Waals surface area (Å²) in [6, 6.07) is 13.1. The quantitative estimate of drug-likeness (QED) is 0.658. The number of aromatic nitrogens is 1. The molecule has 1 aliphatic heterocycles.